The summed E-state index contributed by atoms with van der Waals surface area (Å²) in [5.74, 6) is -0.827. The van der Waals surface area contributed by atoms with Crippen molar-refractivity contribution in [2.24, 2.45) is 5.41 Å². The Balaban J connectivity index is 2.35. The smallest absolute Gasteiger partial charge is 0.352 e. The summed E-state index contributed by atoms with van der Waals surface area (Å²) in [7, 11) is 0. The number of hydrogen-bond donors (Lipinski definition) is 1. The highest BCUT2D eigenvalue weighted by atomic mass is 16.4. The van der Waals surface area contributed by atoms with E-state index in [9.17, 15) is 4.79 Å². The van der Waals surface area contributed by atoms with Crippen LogP contribution in [0.15, 0.2) is 18.3 Å². The number of carboxylic acid groups (broad SMARTS) is 1. The maximum atomic E-state index is 11.1. The molecule has 88 valence electrons. The molecule has 16 heavy (non-hydrogen) atoms. The molecular formula is C13H19NO2. The van der Waals surface area contributed by atoms with Gasteiger partial charge in [0.15, 0.2) is 0 Å². The number of carboxylic acids is 1. The van der Waals surface area contributed by atoms with E-state index in [-0.39, 0.29) is 5.41 Å². The zero-order valence-corrected chi connectivity index (χ0v) is 9.94. The fourth-order valence-electron chi connectivity index (χ4n) is 2.84. The lowest BCUT2D eigenvalue weighted by Gasteiger charge is -2.40. The Morgan fingerprint density at radius 1 is 1.50 bits per heavy atom. The second-order valence-corrected chi connectivity index (χ2v) is 5.36. The molecule has 0 amide bonds. The second kappa shape index (κ2) is 3.96. The van der Waals surface area contributed by atoms with Gasteiger partial charge in [0.2, 0.25) is 0 Å². The minimum atomic E-state index is -0.827. The predicted octanol–water partition coefficient (Wildman–Crippen LogP) is 3.33. The van der Waals surface area contributed by atoms with Crippen molar-refractivity contribution in [1.29, 1.82) is 0 Å². The predicted molar refractivity (Wildman–Crippen MR) is 62.7 cm³/mol. The highest BCUT2D eigenvalue weighted by Crippen LogP contribution is 2.44. The Kier molecular flexibility index (Phi) is 2.78. The molecule has 1 fully saturated rings. The largest absolute Gasteiger partial charge is 0.477 e. The van der Waals surface area contributed by atoms with Crippen molar-refractivity contribution in [3.63, 3.8) is 0 Å². The average Bonchev–Trinajstić information content (AvgIpc) is 2.65. The fraction of sp³-hybridized carbons (Fsp3) is 0.615. The van der Waals surface area contributed by atoms with Gasteiger partial charge in [-0.2, -0.15) is 0 Å². The van der Waals surface area contributed by atoms with E-state index in [1.165, 1.54) is 19.3 Å². The van der Waals surface area contributed by atoms with Crippen molar-refractivity contribution in [1.82, 2.24) is 4.57 Å². The lowest BCUT2D eigenvalue weighted by molar-refractivity contribution is 0.0666. The van der Waals surface area contributed by atoms with E-state index >= 15 is 0 Å². The van der Waals surface area contributed by atoms with Gasteiger partial charge in [-0.05, 0) is 30.4 Å². The number of aromatic nitrogens is 1. The summed E-state index contributed by atoms with van der Waals surface area (Å²) in [5.41, 5.74) is 0.613. The Hall–Kier alpha value is -1.25. The Labute approximate surface area is 96.1 Å². The summed E-state index contributed by atoms with van der Waals surface area (Å²) < 4.78 is 1.95. The van der Waals surface area contributed by atoms with Crippen LogP contribution in [0.3, 0.4) is 0 Å². The number of rotatable bonds is 2. The first kappa shape index (κ1) is 11.2. The van der Waals surface area contributed by atoms with Gasteiger partial charge in [0.05, 0.1) is 0 Å². The molecule has 1 heterocycles. The molecule has 1 atom stereocenters. The van der Waals surface area contributed by atoms with Gasteiger partial charge in [-0.15, -0.1) is 0 Å². The van der Waals surface area contributed by atoms with E-state index < -0.39 is 5.97 Å². The fourth-order valence-corrected chi connectivity index (χ4v) is 2.84. The van der Waals surface area contributed by atoms with Crippen LogP contribution in [0.2, 0.25) is 0 Å². The normalized spacial score (nSPS) is 24.2. The molecular weight excluding hydrogens is 202 g/mol. The quantitative estimate of drug-likeness (QED) is 0.832. The van der Waals surface area contributed by atoms with Crippen molar-refractivity contribution in [2.45, 2.75) is 45.6 Å². The van der Waals surface area contributed by atoms with Crippen LogP contribution in [-0.2, 0) is 0 Å². The zero-order chi connectivity index (χ0) is 11.8. The molecule has 3 nitrogen and oxygen atoms in total. The minimum Gasteiger partial charge on any atom is -0.477 e. The van der Waals surface area contributed by atoms with Crippen molar-refractivity contribution in [2.75, 3.05) is 0 Å². The summed E-state index contributed by atoms with van der Waals surface area (Å²) in [6.45, 7) is 4.48. The van der Waals surface area contributed by atoms with Crippen LogP contribution < -0.4 is 0 Å². The highest BCUT2D eigenvalue weighted by Gasteiger charge is 2.34. The molecule has 1 saturated carbocycles. The molecule has 2 rings (SSSR count). The van der Waals surface area contributed by atoms with Crippen LogP contribution in [0.4, 0.5) is 0 Å². The van der Waals surface area contributed by atoms with Gasteiger partial charge >= 0.3 is 5.97 Å². The molecule has 1 N–H and O–H groups in total. The van der Waals surface area contributed by atoms with Crippen molar-refractivity contribution < 1.29 is 9.90 Å². The first-order valence-corrected chi connectivity index (χ1v) is 5.92. The van der Waals surface area contributed by atoms with E-state index in [4.69, 9.17) is 5.11 Å². The van der Waals surface area contributed by atoms with E-state index in [0.717, 1.165) is 6.42 Å². The van der Waals surface area contributed by atoms with Crippen molar-refractivity contribution in [3.8, 4) is 0 Å². The topological polar surface area (TPSA) is 42.2 Å². The van der Waals surface area contributed by atoms with Crippen LogP contribution in [0, 0.1) is 5.41 Å². The minimum absolute atomic E-state index is 0.196. The summed E-state index contributed by atoms with van der Waals surface area (Å²) >= 11 is 0. The molecule has 0 spiro atoms. The SMILES string of the molecule is CC1(C)CCCCC1n1cccc1C(=O)O. The van der Waals surface area contributed by atoms with E-state index in [2.05, 4.69) is 13.8 Å². The summed E-state index contributed by atoms with van der Waals surface area (Å²) in [4.78, 5) is 11.1. The van der Waals surface area contributed by atoms with Gasteiger partial charge < -0.3 is 9.67 Å². The van der Waals surface area contributed by atoms with Crippen LogP contribution in [0.5, 0.6) is 0 Å². The van der Waals surface area contributed by atoms with E-state index in [1.54, 1.807) is 6.07 Å². The molecule has 1 aromatic rings. The average molecular weight is 221 g/mol. The van der Waals surface area contributed by atoms with Crippen molar-refractivity contribution >= 4 is 5.97 Å². The lowest BCUT2D eigenvalue weighted by Crippen LogP contribution is -2.31. The Bertz CT molecular complexity index is 392. The van der Waals surface area contributed by atoms with Gasteiger partial charge in [0.25, 0.3) is 0 Å². The third-order valence-electron chi connectivity index (χ3n) is 3.78. The summed E-state index contributed by atoms with van der Waals surface area (Å²) in [6.07, 6.45) is 6.62. The molecule has 1 aliphatic carbocycles. The molecule has 0 aromatic carbocycles. The number of aromatic carboxylic acids is 1. The monoisotopic (exact) mass is 221 g/mol. The van der Waals surface area contributed by atoms with Crippen LogP contribution in [-0.4, -0.2) is 15.6 Å². The first-order valence-electron chi connectivity index (χ1n) is 5.92. The molecule has 3 heteroatoms. The first-order chi connectivity index (χ1) is 7.52. The zero-order valence-electron chi connectivity index (χ0n) is 9.94. The molecule has 1 aliphatic rings. The maximum Gasteiger partial charge on any atom is 0.352 e. The molecule has 0 saturated heterocycles. The molecule has 1 unspecified atom stereocenters. The molecule has 1 aromatic heterocycles. The second-order valence-electron chi connectivity index (χ2n) is 5.36. The third-order valence-corrected chi connectivity index (χ3v) is 3.78. The standard InChI is InChI=1S/C13H19NO2/c1-13(2)8-4-3-7-11(13)14-9-5-6-10(14)12(15)16/h5-6,9,11H,3-4,7-8H2,1-2H3,(H,15,16). The number of nitrogens with zero attached hydrogens (tertiary/aromatic N) is 1. The van der Waals surface area contributed by atoms with Gasteiger partial charge in [0, 0.05) is 12.2 Å². The molecule has 0 radical (unpaired) electrons. The van der Waals surface area contributed by atoms with Crippen molar-refractivity contribution in [3.05, 3.63) is 24.0 Å². The van der Waals surface area contributed by atoms with Crippen LogP contribution >= 0.6 is 0 Å². The molecule has 0 aliphatic heterocycles. The van der Waals surface area contributed by atoms with E-state index in [0.29, 0.717) is 11.7 Å². The Morgan fingerprint density at radius 3 is 2.88 bits per heavy atom. The highest BCUT2D eigenvalue weighted by molar-refractivity contribution is 5.85. The lowest BCUT2D eigenvalue weighted by atomic mass is 9.73. The summed E-state index contributed by atoms with van der Waals surface area (Å²) in [5, 5.41) is 9.13. The van der Waals surface area contributed by atoms with Gasteiger partial charge in [-0.1, -0.05) is 26.7 Å². The third kappa shape index (κ3) is 1.86. The van der Waals surface area contributed by atoms with Gasteiger partial charge in [-0.25, -0.2) is 4.79 Å². The van der Waals surface area contributed by atoms with E-state index in [1.807, 2.05) is 16.8 Å². The maximum absolute atomic E-state index is 11.1. The van der Waals surface area contributed by atoms with Crippen LogP contribution in [0.1, 0.15) is 56.1 Å². The summed E-state index contributed by atoms with van der Waals surface area (Å²) in [6, 6.07) is 3.84. The molecule has 0 bridgehead atoms. The van der Waals surface area contributed by atoms with Gasteiger partial charge in [0.1, 0.15) is 5.69 Å². The van der Waals surface area contributed by atoms with Gasteiger partial charge in [-0.3, -0.25) is 0 Å². The Morgan fingerprint density at radius 2 is 2.25 bits per heavy atom. The number of carbonyl (C=O) groups is 1. The number of hydrogen-bond acceptors (Lipinski definition) is 1. The van der Waals surface area contributed by atoms with Crippen LogP contribution in [0.25, 0.3) is 0 Å².